The second-order valence-electron chi connectivity index (χ2n) is 3.20. The molecule has 0 amide bonds. The van der Waals surface area contributed by atoms with Gasteiger partial charge in [0, 0.05) is 23.7 Å². The molecule has 4 heteroatoms. The van der Waals surface area contributed by atoms with E-state index < -0.39 is 0 Å². The van der Waals surface area contributed by atoms with E-state index >= 15 is 0 Å². The van der Waals surface area contributed by atoms with Crippen molar-refractivity contribution < 1.29 is 9.84 Å². The van der Waals surface area contributed by atoms with Crippen LogP contribution in [0, 0.1) is 0 Å². The first-order chi connectivity index (χ1) is 7.29. The number of aliphatic hydroxyl groups excluding tert-OH is 1. The van der Waals surface area contributed by atoms with Gasteiger partial charge >= 0.3 is 0 Å². The van der Waals surface area contributed by atoms with Crippen LogP contribution in [0.5, 0.6) is 5.75 Å². The van der Waals surface area contributed by atoms with Gasteiger partial charge in [0.1, 0.15) is 5.75 Å². The SMILES string of the molecule is NCc1c(Cl)cccc1OCCCCO. The number of hydrogen-bond acceptors (Lipinski definition) is 3. The maximum Gasteiger partial charge on any atom is 0.125 e. The summed E-state index contributed by atoms with van der Waals surface area (Å²) in [5, 5.41) is 9.25. The molecule has 0 spiro atoms. The highest BCUT2D eigenvalue weighted by atomic mass is 35.5. The van der Waals surface area contributed by atoms with Crippen molar-refractivity contribution in [1.82, 2.24) is 0 Å². The van der Waals surface area contributed by atoms with Crippen LogP contribution < -0.4 is 10.5 Å². The number of ether oxygens (including phenoxy) is 1. The topological polar surface area (TPSA) is 55.5 Å². The predicted octanol–water partition coefficient (Wildman–Crippen LogP) is 1.95. The number of halogens is 1. The molecule has 84 valence electrons. The molecule has 0 heterocycles. The summed E-state index contributed by atoms with van der Waals surface area (Å²) < 4.78 is 5.54. The smallest absolute Gasteiger partial charge is 0.125 e. The molecular formula is C11H16ClNO2. The number of unbranched alkanes of at least 4 members (excludes halogenated alkanes) is 1. The molecule has 0 aromatic heterocycles. The summed E-state index contributed by atoms with van der Waals surface area (Å²) in [5.74, 6) is 0.739. The van der Waals surface area contributed by atoms with E-state index in [0.29, 0.717) is 18.2 Å². The van der Waals surface area contributed by atoms with Crippen LogP contribution in [-0.4, -0.2) is 18.3 Å². The van der Waals surface area contributed by atoms with Crippen molar-refractivity contribution in [2.75, 3.05) is 13.2 Å². The summed E-state index contributed by atoms with van der Waals surface area (Å²) in [6.07, 6.45) is 1.57. The normalized spacial score (nSPS) is 10.3. The van der Waals surface area contributed by atoms with Crippen molar-refractivity contribution in [3.05, 3.63) is 28.8 Å². The average Bonchev–Trinajstić information content (AvgIpc) is 2.24. The Morgan fingerprint density at radius 1 is 1.33 bits per heavy atom. The molecule has 0 saturated heterocycles. The number of nitrogens with two attached hydrogens (primary N) is 1. The van der Waals surface area contributed by atoms with Gasteiger partial charge in [-0.3, -0.25) is 0 Å². The Kier molecular flexibility index (Phi) is 5.47. The van der Waals surface area contributed by atoms with Crippen LogP contribution in [0.4, 0.5) is 0 Å². The molecule has 1 rings (SSSR count). The minimum Gasteiger partial charge on any atom is -0.493 e. The molecule has 0 atom stereocenters. The van der Waals surface area contributed by atoms with E-state index in [1.165, 1.54) is 0 Å². The first kappa shape index (κ1) is 12.3. The minimum absolute atomic E-state index is 0.197. The van der Waals surface area contributed by atoms with Gasteiger partial charge in [0.05, 0.1) is 6.61 Å². The van der Waals surface area contributed by atoms with Crippen molar-refractivity contribution in [3.8, 4) is 5.75 Å². The van der Waals surface area contributed by atoms with Crippen molar-refractivity contribution in [2.45, 2.75) is 19.4 Å². The number of rotatable bonds is 6. The first-order valence-electron chi connectivity index (χ1n) is 5.00. The Balaban J connectivity index is 2.56. The number of hydrogen-bond donors (Lipinski definition) is 2. The fourth-order valence-electron chi connectivity index (χ4n) is 1.27. The van der Waals surface area contributed by atoms with Gasteiger partial charge in [-0.2, -0.15) is 0 Å². The molecule has 0 aliphatic heterocycles. The molecule has 0 saturated carbocycles. The summed E-state index contributed by atoms with van der Waals surface area (Å²) in [6, 6.07) is 5.49. The fraction of sp³-hybridized carbons (Fsp3) is 0.455. The zero-order chi connectivity index (χ0) is 11.1. The zero-order valence-electron chi connectivity index (χ0n) is 8.58. The molecule has 0 radical (unpaired) electrons. The van der Waals surface area contributed by atoms with Gasteiger partial charge in [0.15, 0.2) is 0 Å². The number of benzene rings is 1. The van der Waals surface area contributed by atoms with E-state index in [-0.39, 0.29) is 6.61 Å². The molecule has 0 unspecified atom stereocenters. The van der Waals surface area contributed by atoms with Crippen molar-refractivity contribution in [1.29, 1.82) is 0 Å². The van der Waals surface area contributed by atoms with E-state index in [1.54, 1.807) is 6.07 Å². The number of aliphatic hydroxyl groups is 1. The lowest BCUT2D eigenvalue weighted by Crippen LogP contribution is -2.04. The Hall–Kier alpha value is -0.770. The quantitative estimate of drug-likeness (QED) is 0.734. The first-order valence-corrected chi connectivity index (χ1v) is 5.38. The van der Waals surface area contributed by atoms with E-state index in [0.717, 1.165) is 24.2 Å². The molecule has 0 fully saturated rings. The lowest BCUT2D eigenvalue weighted by molar-refractivity contribution is 0.252. The van der Waals surface area contributed by atoms with Crippen molar-refractivity contribution in [3.63, 3.8) is 0 Å². The Bertz CT molecular complexity index is 305. The maximum absolute atomic E-state index is 8.61. The summed E-state index contributed by atoms with van der Waals surface area (Å²) >= 11 is 5.97. The maximum atomic E-state index is 8.61. The Morgan fingerprint density at radius 3 is 2.80 bits per heavy atom. The van der Waals surface area contributed by atoms with Crippen LogP contribution in [0.25, 0.3) is 0 Å². The Morgan fingerprint density at radius 2 is 2.13 bits per heavy atom. The molecule has 3 nitrogen and oxygen atoms in total. The third-order valence-corrected chi connectivity index (χ3v) is 2.44. The highest BCUT2D eigenvalue weighted by molar-refractivity contribution is 6.31. The largest absolute Gasteiger partial charge is 0.493 e. The fourth-order valence-corrected chi connectivity index (χ4v) is 1.51. The van der Waals surface area contributed by atoms with E-state index in [1.807, 2.05) is 12.1 Å². The van der Waals surface area contributed by atoms with E-state index in [2.05, 4.69) is 0 Å². The highest BCUT2D eigenvalue weighted by Crippen LogP contribution is 2.25. The van der Waals surface area contributed by atoms with E-state index in [9.17, 15) is 0 Å². The van der Waals surface area contributed by atoms with Crippen LogP contribution in [0.2, 0.25) is 5.02 Å². The molecule has 1 aromatic rings. The van der Waals surface area contributed by atoms with Crippen LogP contribution in [0.1, 0.15) is 18.4 Å². The monoisotopic (exact) mass is 229 g/mol. The van der Waals surface area contributed by atoms with Crippen LogP contribution in [0.15, 0.2) is 18.2 Å². The van der Waals surface area contributed by atoms with Gasteiger partial charge in [0.25, 0.3) is 0 Å². The molecular weight excluding hydrogens is 214 g/mol. The van der Waals surface area contributed by atoms with Crippen LogP contribution in [-0.2, 0) is 6.54 Å². The third-order valence-electron chi connectivity index (χ3n) is 2.09. The van der Waals surface area contributed by atoms with Gasteiger partial charge in [-0.25, -0.2) is 0 Å². The molecule has 3 N–H and O–H groups in total. The lowest BCUT2D eigenvalue weighted by atomic mass is 10.2. The predicted molar refractivity (Wildman–Crippen MR) is 61.2 cm³/mol. The van der Waals surface area contributed by atoms with Crippen LogP contribution >= 0.6 is 11.6 Å². The second-order valence-corrected chi connectivity index (χ2v) is 3.61. The summed E-state index contributed by atoms with van der Waals surface area (Å²) in [4.78, 5) is 0. The van der Waals surface area contributed by atoms with Gasteiger partial charge in [-0.05, 0) is 25.0 Å². The Labute approximate surface area is 94.8 Å². The summed E-state index contributed by atoms with van der Waals surface area (Å²) in [6.45, 7) is 1.14. The third kappa shape index (κ3) is 3.70. The summed E-state index contributed by atoms with van der Waals surface area (Å²) in [5.41, 5.74) is 6.41. The lowest BCUT2D eigenvalue weighted by Gasteiger charge is -2.11. The van der Waals surface area contributed by atoms with Crippen LogP contribution in [0.3, 0.4) is 0 Å². The molecule has 0 bridgehead atoms. The standard InChI is InChI=1S/C11H16ClNO2/c12-10-4-3-5-11(9(10)8-13)15-7-2-1-6-14/h3-5,14H,1-2,6-8,13H2. The molecule has 0 aliphatic rings. The average molecular weight is 230 g/mol. The van der Waals surface area contributed by atoms with Gasteiger partial charge in [0.2, 0.25) is 0 Å². The second kappa shape index (κ2) is 6.67. The molecule has 1 aromatic carbocycles. The zero-order valence-corrected chi connectivity index (χ0v) is 9.33. The summed E-state index contributed by atoms with van der Waals surface area (Å²) in [7, 11) is 0. The minimum atomic E-state index is 0.197. The van der Waals surface area contributed by atoms with Gasteiger partial charge < -0.3 is 15.6 Å². The van der Waals surface area contributed by atoms with Crippen molar-refractivity contribution >= 4 is 11.6 Å². The van der Waals surface area contributed by atoms with Crippen molar-refractivity contribution in [2.24, 2.45) is 5.73 Å². The molecule has 0 aliphatic carbocycles. The molecule has 15 heavy (non-hydrogen) atoms. The van der Waals surface area contributed by atoms with Gasteiger partial charge in [-0.1, -0.05) is 17.7 Å². The highest BCUT2D eigenvalue weighted by Gasteiger charge is 2.05. The van der Waals surface area contributed by atoms with Gasteiger partial charge in [-0.15, -0.1) is 0 Å². The van der Waals surface area contributed by atoms with E-state index in [4.69, 9.17) is 27.2 Å².